The summed E-state index contributed by atoms with van der Waals surface area (Å²) in [7, 11) is 0.724. The number of thioether (sulfide) groups is 1. The average Bonchev–Trinajstić information content (AvgIpc) is 2.47. The number of ether oxygens (including phenoxy) is 2. The Morgan fingerprint density at radius 2 is 1.39 bits per heavy atom. The van der Waals surface area contributed by atoms with E-state index in [0.29, 0.717) is 0 Å². The van der Waals surface area contributed by atoms with Crippen LogP contribution in [0.3, 0.4) is 0 Å². The Morgan fingerprint density at radius 1 is 0.929 bits per heavy atom. The molecule has 5 nitrogen and oxygen atoms in total. The first-order chi connectivity index (χ1) is 12.2. The summed E-state index contributed by atoms with van der Waals surface area (Å²) in [5, 5.41) is -4.29. The highest BCUT2D eigenvalue weighted by Gasteiger charge is 2.82. The molecule has 28 heavy (non-hydrogen) atoms. The van der Waals surface area contributed by atoms with Gasteiger partial charge in [-0.1, -0.05) is 11.8 Å². The molecule has 1 unspecified atom stereocenters. The molecule has 0 spiro atoms. The van der Waals surface area contributed by atoms with Crippen LogP contribution < -0.4 is 5.32 Å². The normalized spacial score (nSPS) is 15.0. The predicted molar refractivity (Wildman–Crippen MR) is 78.5 cm³/mol. The van der Waals surface area contributed by atoms with E-state index in [4.69, 9.17) is 0 Å². The van der Waals surface area contributed by atoms with Crippen molar-refractivity contribution >= 4 is 23.8 Å². The van der Waals surface area contributed by atoms with Crippen molar-refractivity contribution in [2.24, 2.45) is 0 Å². The highest BCUT2D eigenvalue weighted by molar-refractivity contribution is 8.00. The third-order valence-electron chi connectivity index (χ3n) is 2.72. The lowest BCUT2D eigenvalue weighted by Gasteiger charge is -2.33. The van der Waals surface area contributed by atoms with E-state index >= 15 is 0 Å². The molecule has 15 heteroatoms. The van der Waals surface area contributed by atoms with E-state index in [1.165, 1.54) is 20.8 Å². The van der Waals surface area contributed by atoms with Crippen molar-refractivity contribution in [2.75, 3.05) is 12.9 Å². The Morgan fingerprint density at radius 3 is 1.75 bits per heavy atom. The number of esters is 1. The molecule has 0 saturated heterocycles. The van der Waals surface area contributed by atoms with Gasteiger partial charge in [0.1, 0.15) is 11.6 Å². The Hall–Kier alpha value is -1.54. The van der Waals surface area contributed by atoms with Crippen molar-refractivity contribution in [1.29, 1.82) is 0 Å². The summed E-state index contributed by atoms with van der Waals surface area (Å²) in [5.74, 6) is -16.9. The molecule has 0 fully saturated rings. The second kappa shape index (κ2) is 8.45. The molecular weight excluding hydrogens is 437 g/mol. The zero-order chi connectivity index (χ0) is 22.8. The van der Waals surface area contributed by atoms with Gasteiger partial charge in [0.2, 0.25) is 0 Å². The van der Waals surface area contributed by atoms with Crippen molar-refractivity contribution in [1.82, 2.24) is 5.32 Å². The van der Waals surface area contributed by atoms with Crippen LogP contribution in [0.5, 0.6) is 0 Å². The Labute approximate surface area is 157 Å². The van der Waals surface area contributed by atoms with Gasteiger partial charge in [-0.15, -0.1) is 0 Å². The molecule has 1 amide bonds. The summed E-state index contributed by atoms with van der Waals surface area (Å²) in [5.41, 5.74) is -1.12. The number of carbonyl (C=O) groups excluding carboxylic acids is 2. The molecule has 0 aromatic carbocycles. The summed E-state index contributed by atoms with van der Waals surface area (Å²) in [6.45, 7) is 4.13. The van der Waals surface area contributed by atoms with Gasteiger partial charge < -0.3 is 14.8 Å². The highest BCUT2D eigenvalue weighted by atomic mass is 32.2. The fourth-order valence-corrected chi connectivity index (χ4v) is 2.30. The van der Waals surface area contributed by atoms with Crippen molar-refractivity contribution in [3.8, 4) is 0 Å². The molecule has 0 radical (unpaired) electrons. The lowest BCUT2D eigenvalue weighted by molar-refractivity contribution is -0.381. The van der Waals surface area contributed by atoms with Crippen molar-refractivity contribution in [3.63, 3.8) is 0 Å². The smallest absolute Gasteiger partial charge is 0.460 e. The van der Waals surface area contributed by atoms with Gasteiger partial charge >= 0.3 is 35.3 Å². The fourth-order valence-electron chi connectivity index (χ4n) is 1.40. The number of halogens is 9. The van der Waals surface area contributed by atoms with E-state index < -0.39 is 64.5 Å². The fraction of sp³-hybridized carbons (Fsp3) is 0.846. The third-order valence-corrected chi connectivity index (χ3v) is 3.84. The van der Waals surface area contributed by atoms with Crippen LogP contribution in [0, 0.1) is 0 Å². The summed E-state index contributed by atoms with van der Waals surface area (Å²) in [6, 6.07) is -2.11. The molecule has 0 aliphatic rings. The number of nitrogens with one attached hydrogen (secondary N) is 1. The predicted octanol–water partition coefficient (Wildman–Crippen LogP) is 4.21. The largest absolute Gasteiger partial charge is 0.467 e. The minimum atomic E-state index is -7.06. The number of alkyl halides is 9. The summed E-state index contributed by atoms with van der Waals surface area (Å²) in [6.07, 6.45) is -8.34. The van der Waals surface area contributed by atoms with Gasteiger partial charge in [-0.05, 0) is 20.8 Å². The quantitative estimate of drug-likeness (QED) is 0.462. The van der Waals surface area contributed by atoms with Crippen LogP contribution in [0.4, 0.5) is 44.3 Å². The lowest BCUT2D eigenvalue weighted by Crippen LogP contribution is -2.60. The molecule has 1 atom stereocenters. The first kappa shape index (κ1) is 26.5. The van der Waals surface area contributed by atoms with Crippen LogP contribution in [0.15, 0.2) is 0 Å². The second-order valence-corrected chi connectivity index (χ2v) is 7.33. The van der Waals surface area contributed by atoms with Crippen molar-refractivity contribution in [2.45, 2.75) is 55.7 Å². The Bertz CT molecular complexity index is 575. The van der Waals surface area contributed by atoms with Crippen LogP contribution in [-0.4, -0.2) is 59.8 Å². The standard InChI is InChI=1S/C13H16F9NO4S/c1-9(2,3)27-8(25)23-6(7(24)26-4)5-28-13(21,22)11(16,17)10(14,15)12(18,19)20/h6H,5H2,1-4H3,(H,23,25). The molecule has 0 heterocycles. The number of amides is 1. The number of hydrogen-bond acceptors (Lipinski definition) is 5. The molecule has 0 rings (SSSR count). The van der Waals surface area contributed by atoms with Gasteiger partial charge in [-0.2, -0.15) is 39.5 Å². The average molecular weight is 453 g/mol. The maximum absolute atomic E-state index is 13.5. The minimum absolute atomic E-state index is 0.724. The maximum atomic E-state index is 13.5. The summed E-state index contributed by atoms with van der Waals surface area (Å²) >= 11 is -1.39. The molecule has 0 aliphatic carbocycles. The molecule has 0 saturated carbocycles. The van der Waals surface area contributed by atoms with Crippen LogP contribution in [0.2, 0.25) is 0 Å². The summed E-state index contributed by atoms with van der Waals surface area (Å²) in [4.78, 5) is 23.0. The zero-order valence-electron chi connectivity index (χ0n) is 14.7. The second-order valence-electron chi connectivity index (χ2n) is 6.20. The molecule has 0 bridgehead atoms. The maximum Gasteiger partial charge on any atom is 0.460 e. The molecule has 1 N–H and O–H groups in total. The Kier molecular flexibility index (Phi) is 7.98. The number of rotatable bonds is 7. The van der Waals surface area contributed by atoms with Gasteiger partial charge in [-0.25, -0.2) is 9.59 Å². The first-order valence-electron chi connectivity index (χ1n) is 7.11. The van der Waals surface area contributed by atoms with Crippen molar-refractivity contribution < 1.29 is 58.6 Å². The molecule has 0 aromatic heterocycles. The van der Waals surface area contributed by atoms with E-state index in [-0.39, 0.29) is 0 Å². The molecular formula is C13H16F9NO4S. The van der Waals surface area contributed by atoms with Gasteiger partial charge in [0.05, 0.1) is 7.11 Å². The third kappa shape index (κ3) is 6.24. The lowest BCUT2D eigenvalue weighted by atomic mass is 10.1. The Balaban J connectivity index is 5.43. The highest BCUT2D eigenvalue weighted by Crippen LogP contribution is 2.56. The SMILES string of the molecule is COC(=O)C(CSC(F)(F)C(F)(F)C(F)(F)C(F)(F)F)NC(=O)OC(C)(C)C. The van der Waals surface area contributed by atoms with Crippen LogP contribution >= 0.6 is 11.8 Å². The number of alkyl carbamates (subject to hydrolysis) is 1. The van der Waals surface area contributed by atoms with Crippen LogP contribution in [0.1, 0.15) is 20.8 Å². The minimum Gasteiger partial charge on any atom is -0.467 e. The van der Waals surface area contributed by atoms with Gasteiger partial charge in [-0.3, -0.25) is 0 Å². The van der Waals surface area contributed by atoms with Gasteiger partial charge in [0.25, 0.3) is 0 Å². The number of methoxy groups -OCH3 is 1. The monoisotopic (exact) mass is 453 g/mol. The topological polar surface area (TPSA) is 64.6 Å². The van der Waals surface area contributed by atoms with Crippen LogP contribution in [-0.2, 0) is 14.3 Å². The van der Waals surface area contributed by atoms with Crippen molar-refractivity contribution in [3.05, 3.63) is 0 Å². The van der Waals surface area contributed by atoms with Gasteiger partial charge in [0, 0.05) is 5.75 Å². The van der Waals surface area contributed by atoms with E-state index in [0.717, 1.165) is 7.11 Å². The zero-order valence-corrected chi connectivity index (χ0v) is 15.5. The van der Waals surface area contributed by atoms with E-state index in [1.54, 1.807) is 5.32 Å². The van der Waals surface area contributed by atoms with E-state index in [2.05, 4.69) is 9.47 Å². The van der Waals surface area contributed by atoms with Gasteiger partial charge in [0.15, 0.2) is 0 Å². The summed E-state index contributed by atoms with van der Waals surface area (Å²) < 4.78 is 124. The van der Waals surface area contributed by atoms with E-state index in [1.807, 2.05) is 0 Å². The molecule has 0 aromatic rings. The first-order valence-corrected chi connectivity index (χ1v) is 8.09. The number of hydrogen-bond donors (Lipinski definition) is 1. The van der Waals surface area contributed by atoms with Crippen LogP contribution in [0.25, 0.3) is 0 Å². The number of carbonyl (C=O) groups is 2. The molecule has 166 valence electrons. The van der Waals surface area contributed by atoms with E-state index in [9.17, 15) is 49.1 Å². The molecule has 0 aliphatic heterocycles.